The van der Waals surface area contributed by atoms with Crippen molar-refractivity contribution in [3.05, 3.63) is 76.6 Å². The number of nitrogens with one attached hydrogen (secondary N) is 1. The second kappa shape index (κ2) is 8.01. The second-order valence-electron chi connectivity index (χ2n) is 7.97. The summed E-state index contributed by atoms with van der Waals surface area (Å²) in [5.74, 6) is 0.529. The fourth-order valence-electron chi connectivity index (χ4n) is 3.53. The van der Waals surface area contributed by atoms with E-state index in [9.17, 15) is 4.79 Å². The molecule has 0 saturated carbocycles. The molecule has 4 heteroatoms. The quantitative estimate of drug-likeness (QED) is 0.595. The Morgan fingerprint density at radius 1 is 0.964 bits per heavy atom. The molecule has 0 fully saturated rings. The summed E-state index contributed by atoms with van der Waals surface area (Å²) in [6.45, 7) is 12.6. The minimum atomic E-state index is -0.119. The van der Waals surface area contributed by atoms with Gasteiger partial charge in [-0.2, -0.15) is 5.10 Å². The molecule has 4 nitrogen and oxygen atoms in total. The van der Waals surface area contributed by atoms with Crippen molar-refractivity contribution < 1.29 is 4.79 Å². The highest BCUT2D eigenvalue weighted by molar-refractivity contribution is 6.05. The SMILES string of the molecule is Cc1cccc(-n2ncc(C(=O)Nc3c(C(C)C)cccc3C(C)C)c2C)c1. The minimum Gasteiger partial charge on any atom is -0.321 e. The number of amides is 1. The highest BCUT2D eigenvalue weighted by Gasteiger charge is 2.20. The van der Waals surface area contributed by atoms with Crippen LogP contribution in [0, 0.1) is 13.8 Å². The maximum Gasteiger partial charge on any atom is 0.259 e. The Bertz CT molecular complexity index is 973. The molecule has 1 heterocycles. The number of nitrogens with zero attached hydrogens (tertiary/aromatic N) is 2. The van der Waals surface area contributed by atoms with Crippen molar-refractivity contribution in [2.75, 3.05) is 5.32 Å². The zero-order valence-corrected chi connectivity index (χ0v) is 17.6. The Morgan fingerprint density at radius 3 is 2.14 bits per heavy atom. The summed E-state index contributed by atoms with van der Waals surface area (Å²) in [6.07, 6.45) is 1.65. The van der Waals surface area contributed by atoms with E-state index in [1.807, 2.05) is 36.7 Å². The number of anilines is 1. The van der Waals surface area contributed by atoms with Crippen molar-refractivity contribution in [1.82, 2.24) is 9.78 Å². The van der Waals surface area contributed by atoms with E-state index in [-0.39, 0.29) is 5.91 Å². The number of para-hydroxylation sites is 1. The summed E-state index contributed by atoms with van der Waals surface area (Å²) in [5, 5.41) is 7.64. The predicted octanol–water partition coefficient (Wildman–Crippen LogP) is 5.99. The molecule has 0 unspecified atom stereocenters. The van der Waals surface area contributed by atoms with Gasteiger partial charge in [-0.1, -0.05) is 58.0 Å². The lowest BCUT2D eigenvalue weighted by molar-refractivity contribution is 0.102. The molecule has 0 atom stereocenters. The molecule has 0 saturated heterocycles. The van der Waals surface area contributed by atoms with Crippen LogP contribution < -0.4 is 5.32 Å². The first-order valence-corrected chi connectivity index (χ1v) is 9.85. The second-order valence-corrected chi connectivity index (χ2v) is 7.97. The number of rotatable bonds is 5. The van der Waals surface area contributed by atoms with Crippen molar-refractivity contribution in [1.29, 1.82) is 0 Å². The van der Waals surface area contributed by atoms with Gasteiger partial charge in [0, 0.05) is 5.69 Å². The van der Waals surface area contributed by atoms with Gasteiger partial charge in [-0.25, -0.2) is 4.68 Å². The lowest BCUT2D eigenvalue weighted by Crippen LogP contribution is -2.16. The first-order valence-electron chi connectivity index (χ1n) is 9.85. The van der Waals surface area contributed by atoms with Crippen molar-refractivity contribution in [3.63, 3.8) is 0 Å². The number of carbonyl (C=O) groups is 1. The molecule has 1 amide bonds. The molecule has 0 spiro atoms. The first-order chi connectivity index (χ1) is 13.3. The average Bonchev–Trinajstić information content (AvgIpc) is 3.03. The maximum absolute atomic E-state index is 13.1. The Labute approximate surface area is 167 Å². The van der Waals surface area contributed by atoms with Crippen LogP contribution >= 0.6 is 0 Å². The molecule has 0 aliphatic carbocycles. The van der Waals surface area contributed by atoms with Crippen LogP contribution in [0.1, 0.15) is 72.3 Å². The normalized spacial score (nSPS) is 11.3. The number of aromatic nitrogens is 2. The third-order valence-electron chi connectivity index (χ3n) is 5.11. The van der Waals surface area contributed by atoms with E-state index in [0.717, 1.165) is 33.8 Å². The minimum absolute atomic E-state index is 0.119. The topological polar surface area (TPSA) is 46.9 Å². The lowest BCUT2D eigenvalue weighted by Gasteiger charge is -2.20. The molecule has 0 radical (unpaired) electrons. The van der Waals surface area contributed by atoms with E-state index < -0.39 is 0 Å². The van der Waals surface area contributed by atoms with Gasteiger partial charge in [0.25, 0.3) is 5.91 Å². The van der Waals surface area contributed by atoms with Crippen LogP contribution in [-0.2, 0) is 0 Å². The van der Waals surface area contributed by atoms with E-state index in [0.29, 0.717) is 17.4 Å². The van der Waals surface area contributed by atoms with Gasteiger partial charge < -0.3 is 5.32 Å². The van der Waals surface area contributed by atoms with Crippen LogP contribution in [0.5, 0.6) is 0 Å². The van der Waals surface area contributed by atoms with Gasteiger partial charge in [0.05, 0.1) is 23.1 Å². The molecule has 3 rings (SSSR count). The van der Waals surface area contributed by atoms with E-state index in [4.69, 9.17) is 0 Å². The van der Waals surface area contributed by atoms with Crippen LogP contribution in [-0.4, -0.2) is 15.7 Å². The smallest absolute Gasteiger partial charge is 0.259 e. The van der Waals surface area contributed by atoms with Crippen LogP contribution in [0.2, 0.25) is 0 Å². The van der Waals surface area contributed by atoms with Gasteiger partial charge in [0.15, 0.2) is 0 Å². The molecule has 0 aliphatic rings. The Morgan fingerprint density at radius 2 is 1.57 bits per heavy atom. The van der Waals surface area contributed by atoms with Gasteiger partial charge in [-0.15, -0.1) is 0 Å². The Balaban J connectivity index is 1.97. The van der Waals surface area contributed by atoms with Crippen molar-refractivity contribution in [2.45, 2.75) is 53.4 Å². The summed E-state index contributed by atoms with van der Waals surface area (Å²) in [6, 6.07) is 14.4. The molecule has 28 heavy (non-hydrogen) atoms. The van der Waals surface area contributed by atoms with E-state index in [1.54, 1.807) is 6.20 Å². The third kappa shape index (κ3) is 3.86. The van der Waals surface area contributed by atoms with Gasteiger partial charge in [-0.3, -0.25) is 4.79 Å². The molecular formula is C24H29N3O. The van der Waals surface area contributed by atoms with Gasteiger partial charge in [-0.05, 0) is 54.5 Å². The summed E-state index contributed by atoms with van der Waals surface area (Å²) in [7, 11) is 0. The van der Waals surface area contributed by atoms with E-state index in [2.05, 4.69) is 62.4 Å². The molecule has 146 valence electrons. The standard InChI is InChI=1S/C24H29N3O/c1-15(2)20-11-8-12-21(16(3)4)23(20)26-24(28)22-14-25-27(18(22)6)19-10-7-9-17(5)13-19/h7-16H,1-6H3,(H,26,28). The number of hydrogen-bond acceptors (Lipinski definition) is 2. The molecular weight excluding hydrogens is 346 g/mol. The Kier molecular flexibility index (Phi) is 5.68. The zero-order valence-electron chi connectivity index (χ0n) is 17.6. The lowest BCUT2D eigenvalue weighted by atomic mass is 9.92. The molecule has 0 bridgehead atoms. The maximum atomic E-state index is 13.1. The predicted molar refractivity (Wildman–Crippen MR) is 116 cm³/mol. The average molecular weight is 376 g/mol. The molecule has 1 N–H and O–H groups in total. The van der Waals surface area contributed by atoms with Crippen LogP contribution in [0.15, 0.2) is 48.7 Å². The van der Waals surface area contributed by atoms with Crippen LogP contribution in [0.3, 0.4) is 0 Å². The fraction of sp³-hybridized carbons (Fsp3) is 0.333. The molecule has 3 aromatic rings. The number of aryl methyl sites for hydroxylation is 1. The highest BCUT2D eigenvalue weighted by Crippen LogP contribution is 2.33. The fourth-order valence-corrected chi connectivity index (χ4v) is 3.53. The summed E-state index contributed by atoms with van der Waals surface area (Å²) in [5.41, 5.74) is 6.78. The first kappa shape index (κ1) is 19.9. The zero-order chi connectivity index (χ0) is 20.4. The third-order valence-corrected chi connectivity index (χ3v) is 5.11. The van der Waals surface area contributed by atoms with Crippen LogP contribution in [0.4, 0.5) is 5.69 Å². The van der Waals surface area contributed by atoms with Gasteiger partial charge >= 0.3 is 0 Å². The number of hydrogen-bond donors (Lipinski definition) is 1. The Hall–Kier alpha value is -2.88. The van der Waals surface area contributed by atoms with E-state index in [1.165, 1.54) is 0 Å². The largest absolute Gasteiger partial charge is 0.321 e. The van der Waals surface area contributed by atoms with Gasteiger partial charge in [0.2, 0.25) is 0 Å². The monoisotopic (exact) mass is 375 g/mol. The summed E-state index contributed by atoms with van der Waals surface area (Å²) >= 11 is 0. The molecule has 0 aliphatic heterocycles. The molecule has 2 aromatic carbocycles. The summed E-state index contributed by atoms with van der Waals surface area (Å²) < 4.78 is 1.82. The number of benzene rings is 2. The van der Waals surface area contributed by atoms with Crippen molar-refractivity contribution in [2.24, 2.45) is 0 Å². The summed E-state index contributed by atoms with van der Waals surface area (Å²) in [4.78, 5) is 13.1. The van der Waals surface area contributed by atoms with E-state index >= 15 is 0 Å². The highest BCUT2D eigenvalue weighted by atomic mass is 16.1. The molecule has 1 aromatic heterocycles. The van der Waals surface area contributed by atoms with Crippen LogP contribution in [0.25, 0.3) is 5.69 Å². The van der Waals surface area contributed by atoms with Crippen molar-refractivity contribution >= 4 is 11.6 Å². The van der Waals surface area contributed by atoms with Crippen molar-refractivity contribution in [3.8, 4) is 5.69 Å². The number of carbonyl (C=O) groups excluding carboxylic acids is 1. The van der Waals surface area contributed by atoms with Gasteiger partial charge in [0.1, 0.15) is 0 Å².